The number of aromatic nitrogens is 1. The van der Waals surface area contributed by atoms with Gasteiger partial charge in [0.1, 0.15) is 18.6 Å². The highest BCUT2D eigenvalue weighted by Gasteiger charge is 2.42. The maximum absolute atomic E-state index is 13.8. The van der Waals surface area contributed by atoms with Crippen LogP contribution in [0.25, 0.3) is 10.9 Å². The highest BCUT2D eigenvalue weighted by molar-refractivity contribution is 5.95. The molecule has 274 valence electrons. The summed E-state index contributed by atoms with van der Waals surface area (Å²) < 4.78 is 98.6. The number of hydrogen-bond donors (Lipinski definition) is 1. The zero-order valence-corrected chi connectivity index (χ0v) is 28.2. The molecular formula is C34H41F6N5O5. The lowest BCUT2D eigenvalue weighted by atomic mass is 9.98. The lowest BCUT2D eigenvalue weighted by molar-refractivity contribution is -0.267. The number of nitrogens with zero attached hydrogens (tertiary/aromatic N) is 4. The number of benzene rings is 2. The largest absolute Gasteiger partial charge is 0.416 e. The fourth-order valence-corrected chi connectivity index (χ4v) is 6.53. The van der Waals surface area contributed by atoms with Crippen LogP contribution >= 0.6 is 0 Å². The van der Waals surface area contributed by atoms with Crippen molar-refractivity contribution in [2.24, 2.45) is 5.16 Å². The van der Waals surface area contributed by atoms with Gasteiger partial charge in [0.05, 0.1) is 30.1 Å². The smallest absolute Gasteiger partial charge is 0.394 e. The van der Waals surface area contributed by atoms with Gasteiger partial charge in [-0.3, -0.25) is 9.69 Å². The summed E-state index contributed by atoms with van der Waals surface area (Å²) in [5.74, 6) is -0.902. The van der Waals surface area contributed by atoms with Crippen LogP contribution in [0.15, 0.2) is 53.8 Å². The zero-order valence-electron chi connectivity index (χ0n) is 28.2. The number of carbonyl (C=O) groups excluding carboxylic acids is 1. The van der Waals surface area contributed by atoms with Gasteiger partial charge in [0.2, 0.25) is 0 Å². The van der Waals surface area contributed by atoms with E-state index in [1.165, 1.54) is 4.90 Å². The quantitative estimate of drug-likeness (QED) is 0.119. The van der Waals surface area contributed by atoms with Crippen molar-refractivity contribution in [2.75, 3.05) is 66.8 Å². The van der Waals surface area contributed by atoms with E-state index >= 15 is 0 Å². The van der Waals surface area contributed by atoms with Crippen LogP contribution in [-0.4, -0.2) is 116 Å². The number of ether oxygens (including phenoxy) is 3. The van der Waals surface area contributed by atoms with E-state index in [0.29, 0.717) is 63.7 Å². The second kappa shape index (κ2) is 15.3. The van der Waals surface area contributed by atoms with Crippen LogP contribution in [0.3, 0.4) is 0 Å². The first-order valence-electron chi connectivity index (χ1n) is 16.1. The fraction of sp³-hybridized carbons (Fsp3) is 0.529. The molecule has 3 atom stereocenters. The minimum Gasteiger partial charge on any atom is -0.394 e. The fourth-order valence-electron chi connectivity index (χ4n) is 6.53. The summed E-state index contributed by atoms with van der Waals surface area (Å²) in [6.45, 7) is 6.14. The van der Waals surface area contributed by atoms with E-state index in [1.807, 2.05) is 41.0 Å². The Balaban J connectivity index is 1.32. The molecule has 5 rings (SSSR count). The van der Waals surface area contributed by atoms with E-state index in [1.54, 1.807) is 27.3 Å². The number of piperazine rings is 1. The Morgan fingerprint density at radius 1 is 1.06 bits per heavy atom. The second-order valence-electron chi connectivity index (χ2n) is 12.7. The summed E-state index contributed by atoms with van der Waals surface area (Å²) in [6.07, 6.45) is -8.37. The molecular weight excluding hydrogens is 672 g/mol. The molecule has 2 aliphatic heterocycles. The summed E-state index contributed by atoms with van der Waals surface area (Å²) in [4.78, 5) is 28.0. The average molecular weight is 714 g/mol. The standard InChI is InChI=1S/C34H41F6N5O5/c1-22(42-50-12-11-45-30(47-3)20-49-21-32(45,2)48-4)18-43-9-10-44(27(19-43)15-24-17-41-29-8-6-5-7-28(24)29)31(46)23-13-25(33(35,36)37)16-26(14-23)34(38,39)40/h5-8,13-14,16-17,27,30,41H,9-12,15,18-21H2,1-4H3/t27-,30-,32-/m1/s1. The minimum absolute atomic E-state index is 0.0232. The van der Waals surface area contributed by atoms with Crippen molar-refractivity contribution >= 4 is 22.5 Å². The highest BCUT2D eigenvalue weighted by Crippen LogP contribution is 2.37. The lowest BCUT2D eigenvalue weighted by Crippen LogP contribution is -2.62. The predicted octanol–water partition coefficient (Wildman–Crippen LogP) is 5.63. The van der Waals surface area contributed by atoms with Crippen LogP contribution in [0.4, 0.5) is 26.3 Å². The maximum Gasteiger partial charge on any atom is 0.416 e. The van der Waals surface area contributed by atoms with E-state index in [2.05, 4.69) is 10.1 Å². The number of carbonyl (C=O) groups is 1. The number of fused-ring (bicyclic) bond motifs is 1. The predicted molar refractivity (Wildman–Crippen MR) is 173 cm³/mol. The zero-order chi connectivity index (χ0) is 36.3. The number of aromatic amines is 1. The third-order valence-electron chi connectivity index (χ3n) is 9.19. The summed E-state index contributed by atoms with van der Waals surface area (Å²) in [6, 6.07) is 7.95. The third kappa shape index (κ3) is 8.60. The topological polar surface area (TPSA) is 91.9 Å². The molecule has 0 bridgehead atoms. The van der Waals surface area contributed by atoms with Crippen molar-refractivity contribution < 1.29 is 50.2 Å². The molecule has 3 heterocycles. The van der Waals surface area contributed by atoms with Crippen molar-refractivity contribution in [3.05, 3.63) is 70.9 Å². The summed E-state index contributed by atoms with van der Waals surface area (Å²) in [5.41, 5.74) is -2.08. The molecule has 0 aliphatic carbocycles. The van der Waals surface area contributed by atoms with Gasteiger partial charge in [-0.15, -0.1) is 0 Å². The molecule has 16 heteroatoms. The van der Waals surface area contributed by atoms with Gasteiger partial charge in [-0.25, -0.2) is 4.90 Å². The number of amides is 1. The SMILES string of the molecule is CO[C@@H]1COC[C@@](C)(OC)N1CCON=C(C)CN1CCN(C(=O)c2cc(C(F)(F)F)cc(C(F)(F)F)c2)[C@H](Cc2c[nH]c3ccccc23)C1. The lowest BCUT2D eigenvalue weighted by Gasteiger charge is -2.46. The number of H-pyrrole nitrogens is 1. The monoisotopic (exact) mass is 713 g/mol. The molecule has 50 heavy (non-hydrogen) atoms. The van der Waals surface area contributed by atoms with Gasteiger partial charge < -0.3 is 28.9 Å². The molecule has 0 radical (unpaired) electrons. The van der Waals surface area contributed by atoms with E-state index in [9.17, 15) is 31.1 Å². The molecule has 0 unspecified atom stereocenters. The molecule has 3 aromatic rings. The van der Waals surface area contributed by atoms with Crippen LogP contribution in [0.5, 0.6) is 0 Å². The van der Waals surface area contributed by atoms with Gasteiger partial charge in [-0.05, 0) is 50.1 Å². The normalized spacial score (nSPS) is 23.1. The van der Waals surface area contributed by atoms with Crippen molar-refractivity contribution in [2.45, 2.75) is 50.6 Å². The van der Waals surface area contributed by atoms with E-state index in [0.717, 1.165) is 16.5 Å². The van der Waals surface area contributed by atoms with E-state index in [-0.39, 0.29) is 25.4 Å². The van der Waals surface area contributed by atoms with Gasteiger partial charge in [0.15, 0.2) is 0 Å². The van der Waals surface area contributed by atoms with Crippen LogP contribution in [-0.2, 0) is 37.8 Å². The molecule has 0 saturated carbocycles. The number of halogens is 6. The van der Waals surface area contributed by atoms with Crippen molar-refractivity contribution in [1.29, 1.82) is 0 Å². The van der Waals surface area contributed by atoms with E-state index in [4.69, 9.17) is 19.0 Å². The Morgan fingerprint density at radius 2 is 1.76 bits per heavy atom. The highest BCUT2D eigenvalue weighted by atomic mass is 19.4. The summed E-state index contributed by atoms with van der Waals surface area (Å²) >= 11 is 0. The third-order valence-corrected chi connectivity index (χ3v) is 9.19. The minimum atomic E-state index is -5.07. The first-order chi connectivity index (χ1) is 23.6. The number of oxime groups is 1. The molecule has 1 amide bonds. The first kappa shape index (κ1) is 37.6. The number of morpholine rings is 1. The van der Waals surface area contributed by atoms with Gasteiger partial charge in [0, 0.05) is 75.6 Å². The number of hydrogen-bond acceptors (Lipinski definition) is 8. The van der Waals surface area contributed by atoms with Crippen LogP contribution in [0.1, 0.15) is 40.9 Å². The van der Waals surface area contributed by atoms with Crippen molar-refractivity contribution in [3.63, 3.8) is 0 Å². The number of nitrogens with one attached hydrogen (secondary N) is 1. The Hall–Kier alpha value is -3.70. The Labute approximate surface area is 285 Å². The molecule has 2 fully saturated rings. The number of alkyl halides is 6. The van der Waals surface area contributed by atoms with Crippen LogP contribution in [0, 0.1) is 0 Å². The molecule has 1 N–H and O–H groups in total. The number of rotatable bonds is 11. The second-order valence-corrected chi connectivity index (χ2v) is 12.7. The number of para-hydroxylation sites is 1. The van der Waals surface area contributed by atoms with Gasteiger partial charge in [-0.1, -0.05) is 23.4 Å². The average Bonchev–Trinajstić information content (AvgIpc) is 3.48. The molecule has 1 aromatic heterocycles. The summed E-state index contributed by atoms with van der Waals surface area (Å²) in [5, 5.41) is 5.18. The van der Waals surface area contributed by atoms with Gasteiger partial charge in [-0.2, -0.15) is 26.3 Å². The van der Waals surface area contributed by atoms with Crippen molar-refractivity contribution in [1.82, 2.24) is 19.7 Å². The molecule has 10 nitrogen and oxygen atoms in total. The molecule has 0 spiro atoms. The van der Waals surface area contributed by atoms with Crippen LogP contribution < -0.4 is 0 Å². The molecule has 2 saturated heterocycles. The van der Waals surface area contributed by atoms with Crippen LogP contribution in [0.2, 0.25) is 0 Å². The summed E-state index contributed by atoms with van der Waals surface area (Å²) in [7, 11) is 3.18. The van der Waals surface area contributed by atoms with E-state index < -0.39 is 46.7 Å². The Kier molecular flexibility index (Phi) is 11.5. The first-order valence-corrected chi connectivity index (χ1v) is 16.1. The maximum atomic E-state index is 13.8. The van der Waals surface area contributed by atoms with Gasteiger partial charge >= 0.3 is 12.4 Å². The number of methoxy groups -OCH3 is 2. The molecule has 2 aromatic carbocycles. The Bertz CT molecular complexity index is 1630. The molecule has 2 aliphatic rings. The van der Waals surface area contributed by atoms with Gasteiger partial charge in [0.25, 0.3) is 5.91 Å². The van der Waals surface area contributed by atoms with Crippen molar-refractivity contribution in [3.8, 4) is 0 Å². The Morgan fingerprint density at radius 3 is 2.42 bits per heavy atom.